The number of hydrogen-bond acceptors (Lipinski definition) is 6. The summed E-state index contributed by atoms with van der Waals surface area (Å²) in [5.41, 5.74) is 8.23. The molecule has 0 radical (unpaired) electrons. The van der Waals surface area contributed by atoms with Crippen molar-refractivity contribution in [2.45, 2.75) is 32.0 Å². The molecule has 8 heteroatoms. The number of phenolic OH excluding ortho intramolecular Hbond substituents is 1. The Morgan fingerprint density at radius 3 is 2.35 bits per heavy atom. The highest BCUT2D eigenvalue weighted by atomic mass is 16.6. The maximum Gasteiger partial charge on any atom is 0.412 e. The van der Waals surface area contributed by atoms with E-state index in [9.17, 15) is 14.7 Å². The van der Waals surface area contributed by atoms with E-state index in [2.05, 4.69) is 10.6 Å². The van der Waals surface area contributed by atoms with Gasteiger partial charge < -0.3 is 25.6 Å². The molecular weight excluding hydrogens is 506 g/mol. The van der Waals surface area contributed by atoms with Crippen LogP contribution in [0.3, 0.4) is 0 Å². The lowest BCUT2D eigenvalue weighted by atomic mass is 9.94. The molecule has 0 spiro atoms. The predicted molar refractivity (Wildman–Crippen MR) is 158 cm³/mol. The standard InChI is InChI=1S/C32H33N3O5/c1-2-39-29(18-10-11-19-30(37)35-27-17-9-8-16-26(27)33)31(40-32(38)34-22-12-4-3-5-13-22)25-20-21-28(36)24-15-7-6-14-23(24)25/h3-9,11-17,19-21,29,31,36H,2,10,18,33H2,1H3,(H,34,38)(H,35,37)/b19-11+/t29-,31-/m0/s1. The van der Waals surface area contributed by atoms with Gasteiger partial charge in [0.2, 0.25) is 5.91 Å². The molecule has 5 N–H and O–H groups in total. The summed E-state index contributed by atoms with van der Waals surface area (Å²) in [6.07, 6.45) is 2.19. The first-order valence-corrected chi connectivity index (χ1v) is 13.1. The van der Waals surface area contributed by atoms with Gasteiger partial charge in [0.05, 0.1) is 17.5 Å². The number of hydrogen-bond donors (Lipinski definition) is 4. The van der Waals surface area contributed by atoms with Gasteiger partial charge in [-0.3, -0.25) is 10.1 Å². The Kier molecular flexibility index (Phi) is 9.74. The summed E-state index contributed by atoms with van der Waals surface area (Å²) in [5.74, 6) is -0.168. The number of phenols is 1. The van der Waals surface area contributed by atoms with Gasteiger partial charge in [-0.1, -0.05) is 66.7 Å². The smallest absolute Gasteiger partial charge is 0.412 e. The summed E-state index contributed by atoms with van der Waals surface area (Å²) in [6.45, 7) is 2.26. The molecule has 0 unspecified atom stereocenters. The van der Waals surface area contributed by atoms with Crippen molar-refractivity contribution in [3.63, 3.8) is 0 Å². The molecule has 0 aliphatic rings. The lowest BCUT2D eigenvalue weighted by Gasteiger charge is -2.28. The molecule has 0 aromatic heterocycles. The monoisotopic (exact) mass is 539 g/mol. The molecule has 0 saturated heterocycles. The summed E-state index contributed by atoms with van der Waals surface area (Å²) < 4.78 is 12.1. The molecule has 0 aliphatic carbocycles. The van der Waals surface area contributed by atoms with Crippen LogP contribution in [0.5, 0.6) is 5.75 Å². The van der Waals surface area contributed by atoms with Crippen LogP contribution in [-0.4, -0.2) is 29.8 Å². The average molecular weight is 540 g/mol. The highest BCUT2D eigenvalue weighted by molar-refractivity contribution is 6.01. The van der Waals surface area contributed by atoms with Crippen molar-refractivity contribution in [3.05, 3.63) is 109 Å². The Labute approximate surface area is 233 Å². The third-order valence-electron chi connectivity index (χ3n) is 6.32. The zero-order chi connectivity index (χ0) is 28.3. The van der Waals surface area contributed by atoms with Crippen LogP contribution in [0.4, 0.5) is 21.9 Å². The van der Waals surface area contributed by atoms with Crippen molar-refractivity contribution in [2.75, 3.05) is 23.0 Å². The zero-order valence-corrected chi connectivity index (χ0v) is 22.2. The number of aromatic hydroxyl groups is 1. The first-order chi connectivity index (χ1) is 19.5. The van der Waals surface area contributed by atoms with E-state index in [1.54, 1.807) is 54.6 Å². The molecule has 4 aromatic carbocycles. The number of fused-ring (bicyclic) bond motifs is 1. The number of carbonyl (C=O) groups excluding carboxylic acids is 2. The molecule has 2 amide bonds. The third-order valence-corrected chi connectivity index (χ3v) is 6.32. The van der Waals surface area contributed by atoms with Crippen molar-refractivity contribution >= 4 is 39.8 Å². The minimum atomic E-state index is -0.791. The van der Waals surface area contributed by atoms with Crippen molar-refractivity contribution in [2.24, 2.45) is 0 Å². The highest BCUT2D eigenvalue weighted by Gasteiger charge is 2.29. The molecule has 40 heavy (non-hydrogen) atoms. The Hall–Kier alpha value is -4.82. The number of amides is 2. The van der Waals surface area contributed by atoms with Crippen LogP contribution in [0.1, 0.15) is 31.4 Å². The van der Waals surface area contributed by atoms with Crippen LogP contribution in [0.15, 0.2) is 103 Å². The van der Waals surface area contributed by atoms with Gasteiger partial charge >= 0.3 is 6.09 Å². The number of carbonyl (C=O) groups is 2. The molecule has 0 fully saturated rings. The number of benzene rings is 4. The van der Waals surface area contributed by atoms with Gasteiger partial charge in [0.1, 0.15) is 5.75 Å². The number of allylic oxidation sites excluding steroid dienone is 1. The van der Waals surface area contributed by atoms with Gasteiger partial charge in [-0.25, -0.2) is 4.79 Å². The second-order valence-electron chi connectivity index (χ2n) is 9.09. The molecule has 0 heterocycles. The molecule has 2 atom stereocenters. The topological polar surface area (TPSA) is 123 Å². The number of nitrogen functional groups attached to an aromatic ring is 1. The van der Waals surface area contributed by atoms with Crippen molar-refractivity contribution in [1.29, 1.82) is 0 Å². The lowest BCUT2D eigenvalue weighted by Crippen LogP contribution is -2.29. The van der Waals surface area contributed by atoms with Gasteiger partial charge in [-0.2, -0.15) is 0 Å². The first kappa shape index (κ1) is 28.2. The van der Waals surface area contributed by atoms with E-state index in [1.165, 1.54) is 6.08 Å². The molecule has 4 aromatic rings. The van der Waals surface area contributed by atoms with Crippen LogP contribution in [0.2, 0.25) is 0 Å². The maximum absolute atomic E-state index is 13.0. The summed E-state index contributed by atoms with van der Waals surface area (Å²) >= 11 is 0. The fourth-order valence-corrected chi connectivity index (χ4v) is 4.45. The summed E-state index contributed by atoms with van der Waals surface area (Å²) in [5, 5.41) is 17.4. The number of anilines is 3. The Morgan fingerprint density at radius 1 is 0.900 bits per heavy atom. The Morgan fingerprint density at radius 2 is 1.60 bits per heavy atom. The fourth-order valence-electron chi connectivity index (χ4n) is 4.45. The van der Waals surface area contributed by atoms with Crippen LogP contribution >= 0.6 is 0 Å². The quantitative estimate of drug-likeness (QED) is 0.123. The Bertz CT molecular complexity index is 1470. The van der Waals surface area contributed by atoms with E-state index in [1.807, 2.05) is 49.4 Å². The molecule has 8 nitrogen and oxygen atoms in total. The summed E-state index contributed by atoms with van der Waals surface area (Å²) in [7, 11) is 0. The molecule has 0 bridgehead atoms. The predicted octanol–water partition coefficient (Wildman–Crippen LogP) is 6.80. The van der Waals surface area contributed by atoms with Gasteiger partial charge in [0.25, 0.3) is 0 Å². The SMILES string of the molecule is CCO[C@@H](CC/C=C/C(=O)Nc1ccccc1N)[C@@H](OC(=O)Nc1ccccc1)c1ccc(O)c2ccccc12. The van der Waals surface area contributed by atoms with Crippen molar-refractivity contribution < 1.29 is 24.2 Å². The normalized spacial score (nSPS) is 12.6. The summed E-state index contributed by atoms with van der Waals surface area (Å²) in [6, 6.07) is 26.8. The number of rotatable bonds is 11. The number of para-hydroxylation sites is 3. The highest BCUT2D eigenvalue weighted by Crippen LogP contribution is 2.36. The molecular formula is C32H33N3O5. The third kappa shape index (κ3) is 7.39. The number of nitrogens with one attached hydrogen (secondary N) is 2. The zero-order valence-electron chi connectivity index (χ0n) is 22.2. The molecule has 206 valence electrons. The number of nitrogens with two attached hydrogens (primary N) is 1. The van der Waals surface area contributed by atoms with Crippen LogP contribution in [-0.2, 0) is 14.3 Å². The van der Waals surface area contributed by atoms with Crippen molar-refractivity contribution in [1.82, 2.24) is 0 Å². The van der Waals surface area contributed by atoms with E-state index < -0.39 is 18.3 Å². The first-order valence-electron chi connectivity index (χ1n) is 13.1. The van der Waals surface area contributed by atoms with Crippen LogP contribution < -0.4 is 16.4 Å². The molecule has 0 saturated carbocycles. The minimum absolute atomic E-state index is 0.132. The minimum Gasteiger partial charge on any atom is -0.507 e. The lowest BCUT2D eigenvalue weighted by molar-refractivity contribution is -0.111. The van der Waals surface area contributed by atoms with E-state index in [0.717, 1.165) is 5.39 Å². The van der Waals surface area contributed by atoms with Crippen molar-refractivity contribution in [3.8, 4) is 5.75 Å². The molecule has 0 aliphatic heterocycles. The van der Waals surface area contributed by atoms with Gasteiger partial charge in [0.15, 0.2) is 6.10 Å². The fraction of sp³-hybridized carbons (Fsp3) is 0.188. The van der Waals surface area contributed by atoms with E-state index in [4.69, 9.17) is 15.2 Å². The van der Waals surface area contributed by atoms with Gasteiger partial charge in [-0.05, 0) is 61.6 Å². The second-order valence-corrected chi connectivity index (χ2v) is 9.09. The van der Waals surface area contributed by atoms with E-state index in [0.29, 0.717) is 47.5 Å². The largest absolute Gasteiger partial charge is 0.507 e. The van der Waals surface area contributed by atoms with Gasteiger partial charge in [0, 0.05) is 23.2 Å². The average Bonchev–Trinajstić information content (AvgIpc) is 2.96. The number of ether oxygens (including phenoxy) is 2. The Balaban J connectivity index is 1.54. The summed E-state index contributed by atoms with van der Waals surface area (Å²) in [4.78, 5) is 25.4. The molecule has 4 rings (SSSR count). The van der Waals surface area contributed by atoms with Crippen LogP contribution in [0.25, 0.3) is 10.8 Å². The van der Waals surface area contributed by atoms with Gasteiger partial charge in [-0.15, -0.1) is 0 Å². The maximum atomic E-state index is 13.0. The second kappa shape index (κ2) is 13.8. The van der Waals surface area contributed by atoms with E-state index in [-0.39, 0.29) is 11.7 Å². The van der Waals surface area contributed by atoms with E-state index >= 15 is 0 Å². The van der Waals surface area contributed by atoms with Crippen LogP contribution in [0, 0.1) is 0 Å².